The molecular weight excluding hydrogens is 192 g/mol. The minimum Gasteiger partial charge on any atom is -0.480 e. The Labute approximate surface area is 90.4 Å². The first-order valence-corrected chi connectivity index (χ1v) is 5.77. The van der Waals surface area contributed by atoms with Crippen LogP contribution in [-0.2, 0) is 4.79 Å². The molecule has 0 amide bonds. The van der Waals surface area contributed by atoms with E-state index in [1.165, 1.54) is 25.7 Å². The van der Waals surface area contributed by atoms with Gasteiger partial charge in [-0.1, -0.05) is 6.42 Å². The number of nitrogens with zero attached hydrogens (tertiary/aromatic N) is 1. The summed E-state index contributed by atoms with van der Waals surface area (Å²) in [5.41, 5.74) is 4.68. The monoisotopic (exact) mass is 212 g/mol. The molecule has 86 valence electrons. The van der Waals surface area contributed by atoms with Crippen molar-refractivity contribution in [2.45, 2.75) is 44.2 Å². The van der Waals surface area contributed by atoms with Gasteiger partial charge in [0.1, 0.15) is 5.54 Å². The predicted octanol–water partition coefficient (Wildman–Crippen LogP) is 0.663. The standard InChI is InChI=1S/C11H20N2O2/c1-11(12,10(14)15)7-13-6-5-8-3-2-4-9(8)13/h8-9H,2-7,12H2,1H3,(H,14,15). The van der Waals surface area contributed by atoms with Gasteiger partial charge in [0.05, 0.1) is 0 Å². The fourth-order valence-electron chi connectivity index (χ4n) is 3.02. The second-order valence-electron chi connectivity index (χ2n) is 5.24. The second-order valence-corrected chi connectivity index (χ2v) is 5.24. The highest BCUT2D eigenvalue weighted by Crippen LogP contribution is 2.37. The number of fused-ring (bicyclic) bond motifs is 1. The quantitative estimate of drug-likeness (QED) is 0.721. The van der Waals surface area contributed by atoms with Crippen LogP contribution >= 0.6 is 0 Å². The molecule has 1 aliphatic carbocycles. The van der Waals surface area contributed by atoms with Crippen molar-refractivity contribution in [3.05, 3.63) is 0 Å². The van der Waals surface area contributed by atoms with Crippen LogP contribution in [0.2, 0.25) is 0 Å². The van der Waals surface area contributed by atoms with Gasteiger partial charge >= 0.3 is 5.97 Å². The Morgan fingerprint density at radius 3 is 2.93 bits per heavy atom. The van der Waals surface area contributed by atoms with Gasteiger partial charge in [0, 0.05) is 12.6 Å². The third-order valence-corrected chi connectivity index (χ3v) is 3.90. The third-order valence-electron chi connectivity index (χ3n) is 3.90. The molecule has 0 radical (unpaired) electrons. The highest BCUT2D eigenvalue weighted by molar-refractivity contribution is 5.78. The van der Waals surface area contributed by atoms with Crippen LogP contribution in [0.15, 0.2) is 0 Å². The largest absolute Gasteiger partial charge is 0.480 e. The summed E-state index contributed by atoms with van der Waals surface area (Å²) in [5, 5.41) is 8.99. The average Bonchev–Trinajstić information content (AvgIpc) is 2.69. The van der Waals surface area contributed by atoms with E-state index in [2.05, 4.69) is 4.90 Å². The van der Waals surface area contributed by atoms with E-state index in [-0.39, 0.29) is 0 Å². The SMILES string of the molecule is CC(N)(CN1CCC2CCCC21)C(=O)O. The van der Waals surface area contributed by atoms with E-state index in [1.807, 2.05) is 0 Å². The van der Waals surface area contributed by atoms with E-state index >= 15 is 0 Å². The lowest BCUT2D eigenvalue weighted by atomic mass is 10.0. The van der Waals surface area contributed by atoms with Gasteiger partial charge < -0.3 is 10.8 Å². The van der Waals surface area contributed by atoms with Crippen molar-refractivity contribution in [3.63, 3.8) is 0 Å². The number of likely N-dealkylation sites (tertiary alicyclic amines) is 1. The predicted molar refractivity (Wildman–Crippen MR) is 57.5 cm³/mol. The van der Waals surface area contributed by atoms with E-state index in [9.17, 15) is 4.79 Å². The third kappa shape index (κ3) is 2.01. The van der Waals surface area contributed by atoms with Gasteiger partial charge in [0.25, 0.3) is 0 Å². The Balaban J connectivity index is 1.98. The summed E-state index contributed by atoms with van der Waals surface area (Å²) in [4.78, 5) is 13.2. The van der Waals surface area contributed by atoms with Crippen molar-refractivity contribution in [3.8, 4) is 0 Å². The number of nitrogens with two attached hydrogens (primary N) is 1. The zero-order valence-electron chi connectivity index (χ0n) is 9.28. The molecule has 1 saturated carbocycles. The van der Waals surface area contributed by atoms with Crippen LogP contribution in [0.3, 0.4) is 0 Å². The molecule has 0 aromatic carbocycles. The van der Waals surface area contributed by atoms with Crippen LogP contribution in [-0.4, -0.2) is 40.6 Å². The number of aliphatic carboxylic acids is 1. The lowest BCUT2D eigenvalue weighted by molar-refractivity contribution is -0.143. The highest BCUT2D eigenvalue weighted by Gasteiger charge is 2.41. The molecule has 2 aliphatic rings. The van der Waals surface area contributed by atoms with Crippen LogP contribution in [0.5, 0.6) is 0 Å². The maximum absolute atomic E-state index is 10.9. The molecule has 0 aromatic rings. The number of rotatable bonds is 3. The summed E-state index contributed by atoms with van der Waals surface area (Å²) >= 11 is 0. The van der Waals surface area contributed by atoms with Gasteiger partial charge in [-0.3, -0.25) is 9.69 Å². The lowest BCUT2D eigenvalue weighted by Crippen LogP contribution is -2.54. The van der Waals surface area contributed by atoms with Crippen LogP contribution in [0.1, 0.15) is 32.6 Å². The molecule has 3 atom stereocenters. The maximum atomic E-state index is 10.9. The Bertz CT molecular complexity index is 265. The molecule has 0 spiro atoms. The molecule has 4 heteroatoms. The minimum absolute atomic E-state index is 0.490. The molecule has 4 nitrogen and oxygen atoms in total. The summed E-state index contributed by atoms with van der Waals surface area (Å²) in [6.45, 7) is 3.12. The Morgan fingerprint density at radius 1 is 1.53 bits per heavy atom. The van der Waals surface area contributed by atoms with Crippen molar-refractivity contribution in [1.82, 2.24) is 4.90 Å². The van der Waals surface area contributed by atoms with Crippen molar-refractivity contribution in [2.75, 3.05) is 13.1 Å². The molecule has 3 N–H and O–H groups in total. The molecule has 2 fully saturated rings. The summed E-state index contributed by atoms with van der Waals surface area (Å²) in [6.07, 6.45) is 5.05. The summed E-state index contributed by atoms with van der Waals surface area (Å²) in [5.74, 6) is -0.0986. The van der Waals surface area contributed by atoms with Crippen LogP contribution in [0.4, 0.5) is 0 Å². The zero-order chi connectivity index (χ0) is 11.1. The fourth-order valence-corrected chi connectivity index (χ4v) is 3.02. The second kappa shape index (κ2) is 3.76. The molecule has 15 heavy (non-hydrogen) atoms. The zero-order valence-corrected chi connectivity index (χ0v) is 9.28. The van der Waals surface area contributed by atoms with E-state index in [0.717, 1.165) is 12.5 Å². The molecule has 1 aliphatic heterocycles. The number of carbonyl (C=O) groups is 1. The van der Waals surface area contributed by atoms with Gasteiger partial charge in [-0.25, -0.2) is 0 Å². The smallest absolute Gasteiger partial charge is 0.324 e. The van der Waals surface area contributed by atoms with E-state index in [0.29, 0.717) is 12.6 Å². The van der Waals surface area contributed by atoms with Gasteiger partial charge in [-0.15, -0.1) is 0 Å². The van der Waals surface area contributed by atoms with E-state index < -0.39 is 11.5 Å². The summed E-state index contributed by atoms with van der Waals surface area (Å²) in [6, 6.07) is 0.604. The Kier molecular flexibility index (Phi) is 2.73. The molecule has 3 unspecified atom stereocenters. The molecule has 0 aromatic heterocycles. The topological polar surface area (TPSA) is 66.6 Å². The first kappa shape index (κ1) is 10.9. The highest BCUT2D eigenvalue weighted by atomic mass is 16.4. The lowest BCUT2D eigenvalue weighted by Gasteiger charge is -2.30. The molecule has 1 heterocycles. The van der Waals surface area contributed by atoms with Gasteiger partial charge in [0.2, 0.25) is 0 Å². The summed E-state index contributed by atoms with van der Waals surface area (Å²) < 4.78 is 0. The normalized spacial score (nSPS) is 35.1. The number of hydrogen-bond donors (Lipinski definition) is 2. The first-order chi connectivity index (χ1) is 7.00. The summed E-state index contributed by atoms with van der Waals surface area (Å²) in [7, 11) is 0. The van der Waals surface area contributed by atoms with Crippen molar-refractivity contribution in [2.24, 2.45) is 11.7 Å². The van der Waals surface area contributed by atoms with Crippen molar-refractivity contribution >= 4 is 5.97 Å². The minimum atomic E-state index is -1.10. The number of carboxylic acid groups (broad SMARTS) is 1. The van der Waals surface area contributed by atoms with Gasteiger partial charge in [0.15, 0.2) is 0 Å². The molecule has 2 rings (SSSR count). The Hall–Kier alpha value is -0.610. The molecule has 1 saturated heterocycles. The van der Waals surface area contributed by atoms with Gasteiger partial charge in [-0.05, 0) is 38.6 Å². The van der Waals surface area contributed by atoms with Crippen LogP contribution in [0.25, 0.3) is 0 Å². The average molecular weight is 212 g/mol. The van der Waals surface area contributed by atoms with E-state index in [4.69, 9.17) is 10.8 Å². The van der Waals surface area contributed by atoms with Crippen molar-refractivity contribution < 1.29 is 9.90 Å². The Morgan fingerprint density at radius 2 is 2.27 bits per heavy atom. The van der Waals surface area contributed by atoms with Crippen LogP contribution in [0, 0.1) is 5.92 Å². The van der Waals surface area contributed by atoms with Crippen LogP contribution < -0.4 is 5.73 Å². The molecule has 0 bridgehead atoms. The van der Waals surface area contributed by atoms with Gasteiger partial charge in [-0.2, -0.15) is 0 Å². The first-order valence-electron chi connectivity index (χ1n) is 5.77. The maximum Gasteiger partial charge on any atom is 0.324 e. The fraction of sp³-hybridized carbons (Fsp3) is 0.909. The molecular formula is C11H20N2O2. The van der Waals surface area contributed by atoms with E-state index in [1.54, 1.807) is 6.92 Å². The number of hydrogen-bond acceptors (Lipinski definition) is 3. The number of carboxylic acids is 1. The van der Waals surface area contributed by atoms with Crippen molar-refractivity contribution in [1.29, 1.82) is 0 Å².